The monoisotopic (exact) mass is 246 g/mol. The second kappa shape index (κ2) is 5.66. The molecule has 0 bridgehead atoms. The van der Waals surface area contributed by atoms with Crippen LogP contribution >= 0.6 is 0 Å². The van der Waals surface area contributed by atoms with Crippen LogP contribution in [0.4, 0.5) is 4.39 Å². The fourth-order valence-corrected chi connectivity index (χ4v) is 1.56. The maximum absolute atomic E-state index is 13.2. The Kier molecular flexibility index (Phi) is 3.97. The van der Waals surface area contributed by atoms with Gasteiger partial charge in [0.05, 0.1) is 0 Å². The van der Waals surface area contributed by atoms with Crippen LogP contribution in [0, 0.1) is 5.82 Å². The first-order valence-corrected chi connectivity index (χ1v) is 5.48. The number of hydrogen-bond donors (Lipinski definition) is 2. The van der Waals surface area contributed by atoms with Gasteiger partial charge in [0.1, 0.15) is 18.2 Å². The Morgan fingerprint density at radius 1 is 1.06 bits per heavy atom. The number of halogens is 1. The van der Waals surface area contributed by atoms with Crippen LogP contribution in [0.3, 0.4) is 0 Å². The zero-order valence-electron chi connectivity index (χ0n) is 9.58. The fraction of sp³-hybridized carbons (Fsp3) is 0.0769. The summed E-state index contributed by atoms with van der Waals surface area (Å²) in [4.78, 5) is 0. The molecule has 0 heterocycles. The van der Waals surface area contributed by atoms with E-state index in [1.54, 1.807) is 0 Å². The van der Waals surface area contributed by atoms with Crippen LogP contribution in [0.15, 0.2) is 48.5 Å². The molecule has 2 N–H and O–H groups in total. The van der Waals surface area contributed by atoms with Crippen LogP contribution < -0.4 is 10.2 Å². The van der Waals surface area contributed by atoms with E-state index in [0.717, 1.165) is 11.6 Å². The molecule has 2 aromatic rings. The van der Waals surface area contributed by atoms with Crippen LogP contribution in [-0.2, 0) is 6.61 Å². The van der Waals surface area contributed by atoms with Crippen molar-refractivity contribution >= 4 is 12.6 Å². The maximum Gasteiger partial charge on any atom is 0.488 e. The normalized spacial score (nSPS) is 10.2. The molecule has 0 spiro atoms. The Hall–Kier alpha value is -1.85. The Morgan fingerprint density at radius 3 is 2.44 bits per heavy atom. The summed E-state index contributed by atoms with van der Waals surface area (Å²) >= 11 is 0. The van der Waals surface area contributed by atoms with Crippen molar-refractivity contribution in [3.63, 3.8) is 0 Å². The van der Waals surface area contributed by atoms with E-state index >= 15 is 0 Å². The summed E-state index contributed by atoms with van der Waals surface area (Å²) in [5, 5.41) is 18.0. The Bertz CT molecular complexity index is 517. The van der Waals surface area contributed by atoms with Gasteiger partial charge in [0.2, 0.25) is 0 Å². The van der Waals surface area contributed by atoms with E-state index in [1.165, 1.54) is 12.1 Å². The Balaban J connectivity index is 2.10. The molecule has 0 aliphatic rings. The number of benzene rings is 2. The van der Waals surface area contributed by atoms with Crippen molar-refractivity contribution in [3.8, 4) is 5.75 Å². The summed E-state index contributed by atoms with van der Waals surface area (Å²) < 4.78 is 18.6. The van der Waals surface area contributed by atoms with E-state index in [9.17, 15) is 4.39 Å². The summed E-state index contributed by atoms with van der Waals surface area (Å²) in [6.45, 7) is 0.297. The van der Waals surface area contributed by atoms with E-state index in [-0.39, 0.29) is 11.2 Å². The zero-order chi connectivity index (χ0) is 13.0. The minimum atomic E-state index is -1.71. The van der Waals surface area contributed by atoms with Crippen molar-refractivity contribution < 1.29 is 19.2 Å². The molecule has 0 unspecified atom stereocenters. The molecule has 0 radical (unpaired) electrons. The van der Waals surface area contributed by atoms with Crippen LogP contribution in [0.5, 0.6) is 5.75 Å². The third-order valence-electron chi connectivity index (χ3n) is 2.44. The molecule has 2 rings (SSSR count). The van der Waals surface area contributed by atoms with E-state index in [2.05, 4.69) is 0 Å². The molecule has 0 saturated carbocycles. The highest BCUT2D eigenvalue weighted by Crippen LogP contribution is 2.13. The van der Waals surface area contributed by atoms with Gasteiger partial charge in [-0.15, -0.1) is 0 Å². The third-order valence-corrected chi connectivity index (χ3v) is 2.44. The largest absolute Gasteiger partial charge is 0.489 e. The third kappa shape index (κ3) is 3.32. The minimum absolute atomic E-state index is 0.0676. The molecule has 3 nitrogen and oxygen atoms in total. The molecule has 0 aliphatic heterocycles. The lowest BCUT2D eigenvalue weighted by molar-refractivity contribution is 0.304. The summed E-state index contributed by atoms with van der Waals surface area (Å²) in [5.74, 6) is -0.300. The first kappa shape index (κ1) is 12.6. The lowest BCUT2D eigenvalue weighted by atomic mass is 9.80. The number of rotatable bonds is 4. The second-order valence-corrected chi connectivity index (χ2v) is 3.87. The molecule has 0 atom stereocenters. The highest BCUT2D eigenvalue weighted by Gasteiger charge is 2.13. The van der Waals surface area contributed by atoms with Crippen LogP contribution in [0.1, 0.15) is 5.56 Å². The van der Waals surface area contributed by atoms with Crippen molar-refractivity contribution in [1.29, 1.82) is 0 Å². The standard InChI is InChI=1S/C13H12BFO3/c15-12-6-11(14(16)17)7-13(8-12)18-9-10-4-2-1-3-5-10/h1-8,16-17H,9H2. The predicted octanol–water partition coefficient (Wildman–Crippen LogP) is 1.08. The van der Waals surface area contributed by atoms with E-state index in [0.29, 0.717) is 6.61 Å². The van der Waals surface area contributed by atoms with Crippen molar-refractivity contribution in [1.82, 2.24) is 0 Å². The summed E-state index contributed by atoms with van der Waals surface area (Å²) in [5.41, 5.74) is 1.02. The zero-order valence-corrected chi connectivity index (χ0v) is 9.58. The van der Waals surface area contributed by atoms with E-state index < -0.39 is 12.9 Å². The highest BCUT2D eigenvalue weighted by molar-refractivity contribution is 6.58. The molecule has 0 aliphatic carbocycles. The van der Waals surface area contributed by atoms with Crippen molar-refractivity contribution in [2.75, 3.05) is 0 Å². The first-order chi connectivity index (χ1) is 8.65. The second-order valence-electron chi connectivity index (χ2n) is 3.87. The predicted molar refractivity (Wildman–Crippen MR) is 67.0 cm³/mol. The molecule has 5 heteroatoms. The summed E-state index contributed by atoms with van der Waals surface area (Å²) in [6.07, 6.45) is 0. The smallest absolute Gasteiger partial charge is 0.488 e. The molecule has 0 aromatic heterocycles. The molecule has 18 heavy (non-hydrogen) atoms. The molecular weight excluding hydrogens is 234 g/mol. The maximum atomic E-state index is 13.2. The molecular formula is C13H12BFO3. The van der Waals surface area contributed by atoms with Crippen molar-refractivity contribution in [3.05, 3.63) is 59.9 Å². The highest BCUT2D eigenvalue weighted by atomic mass is 19.1. The average molecular weight is 246 g/mol. The van der Waals surface area contributed by atoms with Gasteiger partial charge in [-0.2, -0.15) is 0 Å². The minimum Gasteiger partial charge on any atom is -0.489 e. The topological polar surface area (TPSA) is 49.7 Å². The van der Waals surface area contributed by atoms with Gasteiger partial charge in [0.25, 0.3) is 0 Å². The first-order valence-electron chi connectivity index (χ1n) is 5.48. The molecule has 0 amide bonds. The van der Waals surface area contributed by atoms with Crippen molar-refractivity contribution in [2.24, 2.45) is 0 Å². The van der Waals surface area contributed by atoms with Crippen LogP contribution in [0.25, 0.3) is 0 Å². The van der Waals surface area contributed by atoms with Gasteiger partial charge in [0, 0.05) is 6.07 Å². The van der Waals surface area contributed by atoms with Gasteiger partial charge in [-0.25, -0.2) is 4.39 Å². The number of ether oxygens (including phenoxy) is 1. The van der Waals surface area contributed by atoms with Gasteiger partial charge in [-0.1, -0.05) is 30.3 Å². The van der Waals surface area contributed by atoms with Gasteiger partial charge in [-0.05, 0) is 23.2 Å². The Morgan fingerprint density at radius 2 is 1.78 bits per heavy atom. The quantitative estimate of drug-likeness (QED) is 0.794. The molecule has 92 valence electrons. The summed E-state index contributed by atoms with van der Waals surface area (Å²) in [6, 6.07) is 13.1. The lowest BCUT2D eigenvalue weighted by Gasteiger charge is -2.08. The molecule has 0 saturated heterocycles. The van der Waals surface area contributed by atoms with E-state index in [4.69, 9.17) is 14.8 Å². The van der Waals surface area contributed by atoms with Crippen LogP contribution in [-0.4, -0.2) is 17.2 Å². The van der Waals surface area contributed by atoms with Gasteiger partial charge >= 0.3 is 7.12 Å². The fourth-order valence-electron chi connectivity index (χ4n) is 1.56. The number of hydrogen-bond acceptors (Lipinski definition) is 3. The molecule has 2 aromatic carbocycles. The Labute approximate surface area is 105 Å². The molecule has 0 fully saturated rings. The van der Waals surface area contributed by atoms with Gasteiger partial charge < -0.3 is 14.8 Å². The lowest BCUT2D eigenvalue weighted by Crippen LogP contribution is -2.30. The average Bonchev–Trinajstić information content (AvgIpc) is 2.37. The SMILES string of the molecule is OB(O)c1cc(F)cc(OCc2ccccc2)c1. The van der Waals surface area contributed by atoms with Gasteiger partial charge in [-0.3, -0.25) is 0 Å². The van der Waals surface area contributed by atoms with E-state index in [1.807, 2.05) is 30.3 Å². The van der Waals surface area contributed by atoms with Crippen molar-refractivity contribution in [2.45, 2.75) is 6.61 Å². The van der Waals surface area contributed by atoms with Crippen LogP contribution in [0.2, 0.25) is 0 Å². The van der Waals surface area contributed by atoms with Gasteiger partial charge in [0.15, 0.2) is 0 Å². The summed E-state index contributed by atoms with van der Waals surface area (Å²) in [7, 11) is -1.71.